The second-order valence-corrected chi connectivity index (χ2v) is 9.58. The largest absolute Gasteiger partial charge is 0.372 e. The van der Waals surface area contributed by atoms with E-state index in [4.69, 9.17) is 4.74 Å². The van der Waals surface area contributed by atoms with Crippen molar-refractivity contribution >= 4 is 44.9 Å². The zero-order valence-electron chi connectivity index (χ0n) is 20.0. The maximum atomic E-state index is 13.1. The van der Waals surface area contributed by atoms with Crippen molar-refractivity contribution in [2.24, 2.45) is 0 Å². The molecular formula is C27H30N6O2. The van der Waals surface area contributed by atoms with Crippen molar-refractivity contribution < 1.29 is 9.53 Å². The van der Waals surface area contributed by atoms with Crippen LogP contribution in [0, 0.1) is 0 Å². The van der Waals surface area contributed by atoms with E-state index in [1.54, 1.807) is 0 Å². The van der Waals surface area contributed by atoms with Crippen molar-refractivity contribution in [1.82, 2.24) is 24.8 Å². The van der Waals surface area contributed by atoms with E-state index < -0.39 is 0 Å². The van der Waals surface area contributed by atoms with Crippen molar-refractivity contribution in [2.45, 2.75) is 32.5 Å². The molecule has 8 nitrogen and oxygen atoms in total. The molecule has 1 fully saturated rings. The lowest BCUT2D eigenvalue weighted by atomic mass is 10.0. The number of aromatic nitrogens is 3. The molecule has 3 N–H and O–H groups in total. The molecule has 2 aliphatic rings. The highest BCUT2D eigenvalue weighted by Crippen LogP contribution is 2.31. The molecule has 35 heavy (non-hydrogen) atoms. The number of nitrogens with one attached hydrogen (secondary N) is 3. The number of carbonyl (C=O) groups excluding carboxylic acids is 1. The molecule has 2 aliphatic heterocycles. The fourth-order valence-corrected chi connectivity index (χ4v) is 5.22. The van der Waals surface area contributed by atoms with Crippen LogP contribution in [0.4, 0.5) is 16.2 Å². The van der Waals surface area contributed by atoms with Crippen molar-refractivity contribution in [3.63, 3.8) is 0 Å². The van der Waals surface area contributed by atoms with Gasteiger partial charge in [0.1, 0.15) is 5.65 Å². The first-order valence-corrected chi connectivity index (χ1v) is 12.2. The second kappa shape index (κ2) is 8.78. The van der Waals surface area contributed by atoms with Gasteiger partial charge in [-0.1, -0.05) is 6.08 Å². The molecule has 180 valence electrons. The zero-order valence-corrected chi connectivity index (χ0v) is 20.0. The molecule has 5 heterocycles. The maximum absolute atomic E-state index is 13.1. The summed E-state index contributed by atoms with van der Waals surface area (Å²) in [6.45, 7) is 6.66. The fraction of sp³-hybridized carbons (Fsp3) is 0.333. The monoisotopic (exact) mass is 470 g/mol. The summed E-state index contributed by atoms with van der Waals surface area (Å²) in [7, 11) is 0. The highest BCUT2D eigenvalue weighted by Gasteiger charge is 2.30. The molecule has 1 aromatic carbocycles. The Morgan fingerprint density at radius 1 is 1.11 bits per heavy atom. The number of fused-ring (bicyclic) bond motifs is 2. The molecule has 2 atom stereocenters. The number of rotatable bonds is 3. The van der Waals surface area contributed by atoms with E-state index in [-0.39, 0.29) is 18.2 Å². The van der Waals surface area contributed by atoms with Crippen LogP contribution in [0.15, 0.2) is 54.9 Å². The number of hydrogen-bond donors (Lipinski definition) is 3. The van der Waals surface area contributed by atoms with Crippen molar-refractivity contribution in [1.29, 1.82) is 0 Å². The zero-order chi connectivity index (χ0) is 23.9. The number of carbonyl (C=O) groups is 1. The highest BCUT2D eigenvalue weighted by atomic mass is 16.5. The summed E-state index contributed by atoms with van der Waals surface area (Å²) in [5.41, 5.74) is 6.29. The minimum absolute atomic E-state index is 0.0742. The van der Waals surface area contributed by atoms with Gasteiger partial charge < -0.3 is 29.8 Å². The molecule has 6 rings (SSSR count). The van der Waals surface area contributed by atoms with Crippen LogP contribution >= 0.6 is 0 Å². The Hall–Kier alpha value is -3.78. The van der Waals surface area contributed by atoms with Gasteiger partial charge in [-0.3, -0.25) is 0 Å². The molecule has 0 unspecified atom stereocenters. The molecule has 0 spiro atoms. The lowest BCUT2D eigenvalue weighted by molar-refractivity contribution is -0.0579. The summed E-state index contributed by atoms with van der Waals surface area (Å²) in [6.07, 6.45) is 6.88. The third-order valence-electron chi connectivity index (χ3n) is 6.88. The number of morpholine rings is 1. The van der Waals surface area contributed by atoms with E-state index in [0.717, 1.165) is 40.0 Å². The number of hydrogen-bond acceptors (Lipinski definition) is 4. The first-order chi connectivity index (χ1) is 17.0. The van der Waals surface area contributed by atoms with Gasteiger partial charge in [0.05, 0.1) is 17.9 Å². The van der Waals surface area contributed by atoms with Crippen LogP contribution in [-0.4, -0.2) is 69.2 Å². The molecule has 3 aromatic heterocycles. The molecular weight excluding hydrogens is 440 g/mol. The van der Waals surface area contributed by atoms with E-state index in [0.29, 0.717) is 26.2 Å². The van der Waals surface area contributed by atoms with Crippen LogP contribution in [0.3, 0.4) is 0 Å². The minimum Gasteiger partial charge on any atom is -0.372 e. The Morgan fingerprint density at radius 2 is 1.97 bits per heavy atom. The molecule has 2 amide bonds. The Balaban J connectivity index is 1.19. The Labute approximate surface area is 204 Å². The van der Waals surface area contributed by atoms with E-state index in [2.05, 4.69) is 56.7 Å². The summed E-state index contributed by atoms with van der Waals surface area (Å²) < 4.78 is 5.78. The van der Waals surface area contributed by atoms with Crippen LogP contribution in [0.2, 0.25) is 0 Å². The normalized spacial score (nSPS) is 20.9. The van der Waals surface area contributed by atoms with Gasteiger partial charge in [0.15, 0.2) is 0 Å². The quantitative estimate of drug-likeness (QED) is 0.388. The molecule has 8 heteroatoms. The number of amides is 2. The van der Waals surface area contributed by atoms with Gasteiger partial charge in [0, 0.05) is 66.2 Å². The lowest BCUT2D eigenvalue weighted by Gasteiger charge is -2.39. The third kappa shape index (κ3) is 4.25. The van der Waals surface area contributed by atoms with Crippen LogP contribution in [0.1, 0.15) is 26.0 Å². The molecule has 1 saturated heterocycles. The van der Waals surface area contributed by atoms with Crippen LogP contribution in [0.5, 0.6) is 0 Å². The summed E-state index contributed by atoms with van der Waals surface area (Å²) in [5, 5.41) is 5.77. The van der Waals surface area contributed by atoms with Gasteiger partial charge in [-0.25, -0.2) is 9.78 Å². The first kappa shape index (κ1) is 21.7. The van der Waals surface area contributed by atoms with Crippen molar-refractivity contribution in [3.05, 3.63) is 60.6 Å². The van der Waals surface area contributed by atoms with Gasteiger partial charge >= 0.3 is 6.03 Å². The van der Waals surface area contributed by atoms with Gasteiger partial charge in [0.25, 0.3) is 0 Å². The number of nitrogens with zero attached hydrogens (tertiary/aromatic N) is 3. The second-order valence-electron chi connectivity index (χ2n) is 9.58. The maximum Gasteiger partial charge on any atom is 0.320 e. The standard InChI is InChI=1S/C27H30N6O2/c1-17-15-33(16-18(2)35-17)27(34)32-11-7-19(8-12-32)25-14-22-24(6-10-29-26(22)31-25)30-21-3-4-23-20(13-21)5-9-28-23/h3-7,9-10,13-14,17-18,28H,8,11-12,15-16H2,1-2H3,(H2,29,30,31)/t17-,18+. The first-order valence-electron chi connectivity index (χ1n) is 12.2. The third-order valence-corrected chi connectivity index (χ3v) is 6.88. The predicted octanol–water partition coefficient (Wildman–Crippen LogP) is 5.11. The van der Waals surface area contributed by atoms with E-state index in [9.17, 15) is 4.79 Å². The number of pyridine rings is 1. The molecule has 0 bridgehead atoms. The average Bonchev–Trinajstić information content (AvgIpc) is 3.50. The number of H-pyrrole nitrogens is 2. The summed E-state index contributed by atoms with van der Waals surface area (Å²) >= 11 is 0. The number of urea groups is 1. The number of aromatic amines is 2. The van der Waals surface area contributed by atoms with Crippen molar-refractivity contribution in [3.8, 4) is 0 Å². The minimum atomic E-state index is 0.0742. The molecule has 4 aromatic rings. The highest BCUT2D eigenvalue weighted by molar-refractivity contribution is 5.95. The predicted molar refractivity (Wildman–Crippen MR) is 139 cm³/mol. The number of benzene rings is 1. The molecule has 0 aliphatic carbocycles. The van der Waals surface area contributed by atoms with Gasteiger partial charge in [-0.15, -0.1) is 0 Å². The smallest absolute Gasteiger partial charge is 0.320 e. The Bertz CT molecular complexity index is 1410. The summed E-state index contributed by atoms with van der Waals surface area (Å²) in [6, 6.07) is 12.6. The Kier molecular flexibility index (Phi) is 5.45. The SMILES string of the molecule is C[C@@H]1CN(C(=O)N2CC=C(c3cc4c(Nc5ccc6[nH]ccc6c5)ccnc4[nH]3)CC2)C[C@H](C)O1. The Morgan fingerprint density at radius 3 is 2.77 bits per heavy atom. The molecule has 0 radical (unpaired) electrons. The van der Waals surface area contributed by atoms with Gasteiger partial charge in [-0.05, 0) is 62.2 Å². The van der Waals surface area contributed by atoms with Crippen molar-refractivity contribution in [2.75, 3.05) is 31.5 Å². The lowest BCUT2D eigenvalue weighted by Crippen LogP contribution is -2.53. The van der Waals surface area contributed by atoms with Gasteiger partial charge in [-0.2, -0.15) is 0 Å². The fourth-order valence-electron chi connectivity index (χ4n) is 5.22. The van der Waals surface area contributed by atoms with E-state index >= 15 is 0 Å². The van der Waals surface area contributed by atoms with Crippen LogP contribution in [-0.2, 0) is 4.74 Å². The van der Waals surface area contributed by atoms with E-state index in [1.165, 1.54) is 11.0 Å². The average molecular weight is 471 g/mol. The number of anilines is 2. The van der Waals surface area contributed by atoms with Crippen LogP contribution < -0.4 is 5.32 Å². The topological polar surface area (TPSA) is 89.3 Å². The van der Waals surface area contributed by atoms with Crippen LogP contribution in [0.25, 0.3) is 27.5 Å². The van der Waals surface area contributed by atoms with Gasteiger partial charge in [0.2, 0.25) is 0 Å². The molecule has 0 saturated carbocycles. The summed E-state index contributed by atoms with van der Waals surface area (Å²) in [5.74, 6) is 0. The number of ether oxygens (including phenoxy) is 1. The summed E-state index contributed by atoms with van der Waals surface area (Å²) in [4.78, 5) is 28.2. The van der Waals surface area contributed by atoms with E-state index in [1.807, 2.05) is 42.1 Å².